The van der Waals surface area contributed by atoms with E-state index in [9.17, 15) is 14.0 Å². The van der Waals surface area contributed by atoms with Crippen LogP contribution in [0.25, 0.3) is 0 Å². The number of carbonyl (C=O) groups excluding carboxylic acids is 2. The maximum atomic E-state index is 13.3. The molecule has 0 fully saturated rings. The minimum atomic E-state index is -0.644. The molecule has 1 aromatic carbocycles. The van der Waals surface area contributed by atoms with Gasteiger partial charge in [-0.3, -0.25) is 9.59 Å². The number of amides is 2. The fraction of sp³-hybridized carbons (Fsp3) is 0.273. The third kappa shape index (κ3) is 4.02. The average Bonchev–Trinajstić information content (AvgIpc) is 2.26. The summed E-state index contributed by atoms with van der Waals surface area (Å²) in [5, 5.41) is 0. The minimum absolute atomic E-state index is 0.145. The van der Waals surface area contributed by atoms with Gasteiger partial charge in [-0.2, -0.15) is 0 Å². The summed E-state index contributed by atoms with van der Waals surface area (Å²) >= 11 is 0. The molecule has 0 aliphatic heterocycles. The van der Waals surface area contributed by atoms with Gasteiger partial charge in [-0.15, -0.1) is 0 Å². The molecule has 1 aromatic rings. The van der Waals surface area contributed by atoms with E-state index in [-0.39, 0.29) is 19.6 Å². The zero-order chi connectivity index (χ0) is 13.7. The van der Waals surface area contributed by atoms with Gasteiger partial charge in [0.15, 0.2) is 0 Å². The summed E-state index contributed by atoms with van der Waals surface area (Å²) < 4.78 is 13.3. The maximum absolute atomic E-state index is 13.3. The number of hydrogen-bond donors (Lipinski definition) is 3. The summed E-state index contributed by atoms with van der Waals surface area (Å²) in [6, 6.07) is 4.04. The van der Waals surface area contributed by atoms with Crippen LogP contribution in [0.15, 0.2) is 18.2 Å². The van der Waals surface area contributed by atoms with E-state index < -0.39 is 17.6 Å². The molecule has 6 N–H and O–H groups in total. The Morgan fingerprint density at radius 1 is 1.11 bits per heavy atom. The molecule has 0 radical (unpaired) electrons. The van der Waals surface area contributed by atoms with Crippen molar-refractivity contribution >= 4 is 17.5 Å². The van der Waals surface area contributed by atoms with Gasteiger partial charge < -0.3 is 22.1 Å². The number of benzene rings is 1. The monoisotopic (exact) mass is 254 g/mol. The van der Waals surface area contributed by atoms with Gasteiger partial charge in [-0.25, -0.2) is 4.39 Å². The van der Waals surface area contributed by atoms with E-state index in [0.29, 0.717) is 11.3 Å². The van der Waals surface area contributed by atoms with E-state index in [1.807, 2.05) is 0 Å². The summed E-state index contributed by atoms with van der Waals surface area (Å²) in [7, 11) is 0. The quantitative estimate of drug-likeness (QED) is 0.607. The number of primary amides is 2. The number of hydrogen-bond acceptors (Lipinski definition) is 4. The van der Waals surface area contributed by atoms with E-state index in [1.165, 1.54) is 17.0 Å². The van der Waals surface area contributed by atoms with Crippen LogP contribution in [0.1, 0.15) is 5.56 Å². The number of anilines is 1. The lowest BCUT2D eigenvalue weighted by Gasteiger charge is -2.22. The van der Waals surface area contributed by atoms with Crippen molar-refractivity contribution in [2.75, 3.05) is 18.0 Å². The SMILES string of the molecule is NCc1cc(F)cc(N(CC(N)=O)CC(N)=O)c1. The first kappa shape index (κ1) is 13.9. The highest BCUT2D eigenvalue weighted by Crippen LogP contribution is 2.18. The van der Waals surface area contributed by atoms with Crippen LogP contribution in [0.2, 0.25) is 0 Å². The van der Waals surface area contributed by atoms with Crippen LogP contribution in [0.3, 0.4) is 0 Å². The third-order valence-corrected chi connectivity index (χ3v) is 2.24. The van der Waals surface area contributed by atoms with Crippen molar-refractivity contribution in [3.63, 3.8) is 0 Å². The highest BCUT2D eigenvalue weighted by atomic mass is 19.1. The number of carbonyl (C=O) groups is 2. The number of halogens is 1. The lowest BCUT2D eigenvalue weighted by molar-refractivity contribution is -0.117. The predicted octanol–water partition coefficient (Wildman–Crippen LogP) is -0.939. The molecular formula is C11H15FN4O2. The van der Waals surface area contributed by atoms with Gasteiger partial charge in [0, 0.05) is 12.2 Å². The summed E-state index contributed by atoms with van der Waals surface area (Å²) in [5.74, 6) is -1.79. The second kappa shape index (κ2) is 5.97. The van der Waals surface area contributed by atoms with Crippen LogP contribution in [0.4, 0.5) is 10.1 Å². The molecule has 0 aliphatic rings. The zero-order valence-corrected chi connectivity index (χ0v) is 9.73. The van der Waals surface area contributed by atoms with Gasteiger partial charge in [0.25, 0.3) is 0 Å². The molecule has 0 spiro atoms. The van der Waals surface area contributed by atoms with Gasteiger partial charge in [0.1, 0.15) is 5.82 Å². The second-order valence-corrected chi connectivity index (χ2v) is 3.81. The van der Waals surface area contributed by atoms with Crippen LogP contribution >= 0.6 is 0 Å². The van der Waals surface area contributed by atoms with Crippen molar-refractivity contribution < 1.29 is 14.0 Å². The Morgan fingerprint density at radius 2 is 1.67 bits per heavy atom. The van der Waals surface area contributed by atoms with Gasteiger partial charge in [-0.05, 0) is 23.8 Å². The molecule has 0 heterocycles. The molecular weight excluding hydrogens is 239 g/mol. The topological polar surface area (TPSA) is 115 Å². The van der Waals surface area contributed by atoms with E-state index in [0.717, 1.165) is 0 Å². The molecule has 7 heteroatoms. The zero-order valence-electron chi connectivity index (χ0n) is 9.73. The Balaban J connectivity index is 3.06. The van der Waals surface area contributed by atoms with Crippen molar-refractivity contribution in [3.05, 3.63) is 29.6 Å². The van der Waals surface area contributed by atoms with Crippen LogP contribution in [0.5, 0.6) is 0 Å². The Morgan fingerprint density at radius 3 is 2.11 bits per heavy atom. The van der Waals surface area contributed by atoms with Gasteiger partial charge in [0.2, 0.25) is 11.8 Å². The van der Waals surface area contributed by atoms with E-state index in [2.05, 4.69) is 0 Å². The molecule has 0 aromatic heterocycles. The van der Waals surface area contributed by atoms with Crippen LogP contribution in [0, 0.1) is 5.82 Å². The highest BCUT2D eigenvalue weighted by molar-refractivity contribution is 5.84. The fourth-order valence-corrected chi connectivity index (χ4v) is 1.55. The maximum Gasteiger partial charge on any atom is 0.236 e. The standard InChI is InChI=1S/C11H15FN4O2/c12-8-1-7(4-13)2-9(3-8)16(5-10(14)17)6-11(15)18/h1-3H,4-6,13H2,(H2,14,17)(H2,15,18). The summed E-state index contributed by atoms with van der Waals surface area (Å²) in [5.41, 5.74) is 16.4. The number of nitrogens with two attached hydrogens (primary N) is 3. The lowest BCUT2D eigenvalue weighted by Crippen LogP contribution is -2.39. The highest BCUT2D eigenvalue weighted by Gasteiger charge is 2.13. The first-order valence-electron chi connectivity index (χ1n) is 5.23. The van der Waals surface area contributed by atoms with Crippen molar-refractivity contribution in [2.24, 2.45) is 17.2 Å². The fourth-order valence-electron chi connectivity index (χ4n) is 1.55. The Kier molecular flexibility index (Phi) is 4.61. The van der Waals surface area contributed by atoms with Gasteiger partial charge in [0.05, 0.1) is 13.1 Å². The van der Waals surface area contributed by atoms with E-state index in [1.54, 1.807) is 6.07 Å². The molecule has 0 saturated carbocycles. The molecule has 0 aliphatic carbocycles. The smallest absolute Gasteiger partial charge is 0.236 e. The Labute approximate surface area is 104 Å². The Hall–Kier alpha value is -2.15. The van der Waals surface area contributed by atoms with Crippen LogP contribution < -0.4 is 22.1 Å². The molecule has 2 amide bonds. The Bertz CT molecular complexity index is 448. The van der Waals surface area contributed by atoms with Crippen LogP contribution in [-0.4, -0.2) is 24.9 Å². The number of nitrogens with zero attached hydrogens (tertiary/aromatic N) is 1. The van der Waals surface area contributed by atoms with Crippen molar-refractivity contribution in [1.29, 1.82) is 0 Å². The molecule has 0 saturated heterocycles. The first-order chi connectivity index (χ1) is 8.42. The summed E-state index contributed by atoms with van der Waals surface area (Å²) in [4.78, 5) is 23.1. The van der Waals surface area contributed by atoms with Gasteiger partial charge >= 0.3 is 0 Å². The van der Waals surface area contributed by atoms with Crippen molar-refractivity contribution in [1.82, 2.24) is 0 Å². The molecule has 1 rings (SSSR count). The lowest BCUT2D eigenvalue weighted by atomic mass is 10.1. The third-order valence-electron chi connectivity index (χ3n) is 2.24. The number of rotatable bonds is 6. The molecule has 0 atom stereocenters. The summed E-state index contributed by atoms with van der Waals surface area (Å²) in [6.45, 7) is -0.307. The van der Waals surface area contributed by atoms with Gasteiger partial charge in [-0.1, -0.05) is 0 Å². The van der Waals surface area contributed by atoms with E-state index in [4.69, 9.17) is 17.2 Å². The summed E-state index contributed by atoms with van der Waals surface area (Å²) in [6.07, 6.45) is 0. The predicted molar refractivity (Wildman–Crippen MR) is 64.9 cm³/mol. The molecule has 98 valence electrons. The van der Waals surface area contributed by atoms with Crippen molar-refractivity contribution in [3.8, 4) is 0 Å². The molecule has 6 nitrogen and oxygen atoms in total. The average molecular weight is 254 g/mol. The van der Waals surface area contributed by atoms with Crippen molar-refractivity contribution in [2.45, 2.75) is 6.54 Å². The normalized spacial score (nSPS) is 10.1. The molecule has 0 bridgehead atoms. The van der Waals surface area contributed by atoms with E-state index >= 15 is 0 Å². The molecule has 0 unspecified atom stereocenters. The second-order valence-electron chi connectivity index (χ2n) is 3.81. The largest absolute Gasteiger partial charge is 0.368 e. The minimum Gasteiger partial charge on any atom is -0.368 e. The molecule has 18 heavy (non-hydrogen) atoms. The first-order valence-corrected chi connectivity index (χ1v) is 5.23. The van der Waals surface area contributed by atoms with Crippen LogP contribution in [-0.2, 0) is 16.1 Å².